The van der Waals surface area contributed by atoms with E-state index >= 15 is 0 Å². The highest BCUT2D eigenvalue weighted by molar-refractivity contribution is 7.92. The third-order valence-corrected chi connectivity index (χ3v) is 8.57. The van der Waals surface area contributed by atoms with E-state index < -0.39 is 10.0 Å². The van der Waals surface area contributed by atoms with Crippen molar-refractivity contribution in [3.63, 3.8) is 0 Å². The number of likely N-dealkylation sites (tertiary alicyclic amines) is 1. The summed E-state index contributed by atoms with van der Waals surface area (Å²) in [5.74, 6) is 0.397. The molecular weight excluding hydrogens is 488 g/mol. The van der Waals surface area contributed by atoms with Crippen molar-refractivity contribution in [3.8, 4) is 0 Å². The minimum Gasteiger partial charge on any atom is -0.326 e. The number of nitrogens with zero attached hydrogens (tertiary/aromatic N) is 2. The van der Waals surface area contributed by atoms with E-state index in [2.05, 4.69) is 39.2 Å². The van der Waals surface area contributed by atoms with Crippen molar-refractivity contribution < 1.29 is 13.2 Å². The van der Waals surface area contributed by atoms with Crippen LogP contribution in [0.25, 0.3) is 0 Å². The number of hydrogen-bond donors (Lipinski definition) is 2. The van der Waals surface area contributed by atoms with Crippen molar-refractivity contribution in [2.45, 2.75) is 43.5 Å². The average molecular weight is 521 g/mol. The summed E-state index contributed by atoms with van der Waals surface area (Å²) in [7, 11) is -3.95. The molecule has 2 atom stereocenters. The Hall–Kier alpha value is -3.43. The van der Waals surface area contributed by atoms with Crippen molar-refractivity contribution in [2.75, 3.05) is 29.7 Å². The van der Waals surface area contributed by atoms with Gasteiger partial charge >= 0.3 is 0 Å². The number of aryl methyl sites for hydroxylation is 1. The average Bonchev–Trinajstić information content (AvgIpc) is 2.86. The molecule has 0 unspecified atom stereocenters. The van der Waals surface area contributed by atoms with Gasteiger partial charge in [-0.3, -0.25) is 14.3 Å². The van der Waals surface area contributed by atoms with E-state index in [1.54, 1.807) is 10.6 Å². The zero-order valence-electron chi connectivity index (χ0n) is 20.9. The van der Waals surface area contributed by atoms with Gasteiger partial charge in [0.1, 0.15) is 5.69 Å². The minimum absolute atomic E-state index is 0.0201. The molecule has 8 nitrogen and oxygen atoms in total. The van der Waals surface area contributed by atoms with Crippen LogP contribution in [0.15, 0.2) is 76.4 Å². The normalized spacial score (nSPS) is 19.2. The van der Waals surface area contributed by atoms with Gasteiger partial charge in [0.2, 0.25) is 5.91 Å². The highest BCUT2D eigenvalue weighted by Gasteiger charge is 2.35. The summed E-state index contributed by atoms with van der Waals surface area (Å²) in [6.45, 7) is 4.88. The summed E-state index contributed by atoms with van der Waals surface area (Å²) >= 11 is 0. The van der Waals surface area contributed by atoms with Crippen LogP contribution in [0.1, 0.15) is 36.9 Å². The Labute approximate surface area is 217 Å². The van der Waals surface area contributed by atoms with Crippen molar-refractivity contribution in [1.82, 2.24) is 9.47 Å². The highest BCUT2D eigenvalue weighted by atomic mass is 32.2. The van der Waals surface area contributed by atoms with Crippen LogP contribution >= 0.6 is 0 Å². The number of piperidine rings is 1. The number of pyridine rings is 1. The lowest BCUT2D eigenvalue weighted by atomic mass is 9.83. The molecule has 3 heterocycles. The fraction of sp³-hybridized carbons (Fsp3) is 0.357. The molecule has 5 rings (SSSR count). The van der Waals surface area contributed by atoms with Gasteiger partial charge in [0.15, 0.2) is 0 Å². The second-order valence-electron chi connectivity index (χ2n) is 10.0. The lowest BCUT2D eigenvalue weighted by molar-refractivity contribution is -0.114. The van der Waals surface area contributed by atoms with Crippen LogP contribution in [0.4, 0.5) is 11.4 Å². The number of anilines is 2. The van der Waals surface area contributed by atoms with Crippen molar-refractivity contribution in [3.05, 3.63) is 88.3 Å². The Morgan fingerprint density at radius 3 is 2.46 bits per heavy atom. The first-order valence-electron chi connectivity index (χ1n) is 12.7. The zero-order valence-corrected chi connectivity index (χ0v) is 21.7. The molecule has 3 aromatic rings. The third kappa shape index (κ3) is 5.78. The molecule has 1 aromatic heterocycles. The number of aromatic nitrogens is 1. The van der Waals surface area contributed by atoms with Crippen LogP contribution in [0.3, 0.4) is 0 Å². The molecular formula is C28H32N4O4S. The van der Waals surface area contributed by atoms with Gasteiger partial charge in [0.05, 0.1) is 4.90 Å². The van der Waals surface area contributed by atoms with Gasteiger partial charge in [0, 0.05) is 43.9 Å². The number of nitrogens with one attached hydrogen (secondary N) is 2. The maximum absolute atomic E-state index is 13.3. The summed E-state index contributed by atoms with van der Waals surface area (Å²) in [5, 5.41) is 2.61. The largest absolute Gasteiger partial charge is 0.326 e. The second-order valence-corrected chi connectivity index (χ2v) is 11.7. The van der Waals surface area contributed by atoms with Gasteiger partial charge < -0.3 is 14.8 Å². The molecule has 0 saturated carbocycles. The SMILES string of the molecule is CC(=O)Nc1ccc(S(=O)(=O)Nc2ccc3n(c2=O)C[C@H]2C[C@@H]3CN(CCCc3ccccc3)C2)cc1. The topological polar surface area (TPSA) is 101 Å². The highest BCUT2D eigenvalue weighted by Crippen LogP contribution is 2.35. The number of amides is 1. The molecule has 9 heteroatoms. The lowest BCUT2D eigenvalue weighted by Crippen LogP contribution is -2.47. The van der Waals surface area contributed by atoms with E-state index in [-0.39, 0.29) is 28.0 Å². The smallest absolute Gasteiger partial charge is 0.275 e. The van der Waals surface area contributed by atoms with Gasteiger partial charge in [-0.2, -0.15) is 0 Å². The Morgan fingerprint density at radius 2 is 1.73 bits per heavy atom. The molecule has 1 fully saturated rings. The molecule has 2 aromatic carbocycles. The first-order chi connectivity index (χ1) is 17.8. The summed E-state index contributed by atoms with van der Waals surface area (Å²) in [4.78, 5) is 27.0. The molecule has 2 aliphatic rings. The number of sulfonamides is 1. The number of carbonyl (C=O) groups is 1. The van der Waals surface area contributed by atoms with Gasteiger partial charge in [-0.15, -0.1) is 0 Å². The fourth-order valence-electron chi connectivity index (χ4n) is 5.58. The van der Waals surface area contributed by atoms with Crippen LogP contribution < -0.4 is 15.6 Å². The van der Waals surface area contributed by atoms with Gasteiger partial charge in [-0.25, -0.2) is 8.42 Å². The molecule has 0 spiro atoms. The van der Waals surface area contributed by atoms with Gasteiger partial charge in [0.25, 0.3) is 15.6 Å². The quantitative estimate of drug-likeness (QED) is 0.472. The number of rotatable bonds is 8. The number of carbonyl (C=O) groups excluding carboxylic acids is 1. The molecule has 194 valence electrons. The standard InChI is InChI=1S/C28H32N4O4S/c1-20(33)29-24-9-11-25(12-10-24)37(35,36)30-26-13-14-27-23-16-22(18-32(27)28(26)34)17-31(19-23)15-5-8-21-6-3-2-4-7-21/h2-4,6-7,9-14,22-23,30H,5,8,15-19H2,1H3,(H,29,33)/t22-,23+/m0/s1. The molecule has 0 aliphatic carbocycles. The van der Waals surface area contributed by atoms with E-state index in [1.165, 1.54) is 36.8 Å². The predicted octanol–water partition coefficient (Wildman–Crippen LogP) is 3.66. The summed E-state index contributed by atoms with van der Waals surface area (Å²) in [6, 6.07) is 19.9. The first-order valence-corrected chi connectivity index (χ1v) is 14.2. The number of fused-ring (bicyclic) bond motifs is 4. The van der Waals surface area contributed by atoms with E-state index in [9.17, 15) is 18.0 Å². The van der Waals surface area contributed by atoms with Crippen molar-refractivity contribution in [2.24, 2.45) is 5.92 Å². The Balaban J connectivity index is 1.27. The fourth-order valence-corrected chi connectivity index (χ4v) is 6.64. The van der Waals surface area contributed by atoms with Crippen molar-refractivity contribution in [1.29, 1.82) is 0 Å². The zero-order chi connectivity index (χ0) is 26.0. The minimum atomic E-state index is -3.95. The molecule has 1 saturated heterocycles. The molecule has 2 bridgehead atoms. The number of benzene rings is 2. The van der Waals surface area contributed by atoms with E-state index in [0.717, 1.165) is 44.6 Å². The summed E-state index contributed by atoms with van der Waals surface area (Å²) in [6.07, 6.45) is 3.21. The Kier molecular flexibility index (Phi) is 7.17. The number of hydrogen-bond acceptors (Lipinski definition) is 5. The monoisotopic (exact) mass is 520 g/mol. The predicted molar refractivity (Wildman–Crippen MR) is 144 cm³/mol. The van der Waals surface area contributed by atoms with Crippen LogP contribution in [0.2, 0.25) is 0 Å². The molecule has 0 radical (unpaired) electrons. The van der Waals surface area contributed by atoms with E-state index in [4.69, 9.17) is 0 Å². The van der Waals surface area contributed by atoms with Crippen molar-refractivity contribution >= 4 is 27.3 Å². The molecule has 37 heavy (non-hydrogen) atoms. The maximum Gasteiger partial charge on any atom is 0.275 e. The Bertz CT molecular complexity index is 1440. The second kappa shape index (κ2) is 10.5. The van der Waals surface area contributed by atoms with Crippen LogP contribution in [0.5, 0.6) is 0 Å². The van der Waals surface area contributed by atoms with Gasteiger partial charge in [-0.1, -0.05) is 30.3 Å². The van der Waals surface area contributed by atoms with Crippen LogP contribution in [0, 0.1) is 5.92 Å². The summed E-state index contributed by atoms with van der Waals surface area (Å²) < 4.78 is 30.1. The third-order valence-electron chi connectivity index (χ3n) is 7.19. The lowest BCUT2D eigenvalue weighted by Gasteiger charge is -2.43. The van der Waals surface area contributed by atoms with Crippen LogP contribution in [-0.4, -0.2) is 43.4 Å². The first kappa shape index (κ1) is 25.2. The van der Waals surface area contributed by atoms with E-state index in [1.807, 2.05) is 12.1 Å². The Morgan fingerprint density at radius 1 is 0.973 bits per heavy atom. The van der Waals surface area contributed by atoms with Crippen LogP contribution in [-0.2, 0) is 27.8 Å². The van der Waals surface area contributed by atoms with Gasteiger partial charge in [-0.05, 0) is 73.7 Å². The maximum atomic E-state index is 13.3. The molecule has 2 aliphatic heterocycles. The molecule has 1 amide bonds. The van der Waals surface area contributed by atoms with E-state index in [0.29, 0.717) is 18.2 Å². The summed E-state index contributed by atoms with van der Waals surface area (Å²) in [5.41, 5.74) is 2.59. The molecule has 2 N–H and O–H groups in total.